The molecule has 0 radical (unpaired) electrons. The quantitative estimate of drug-likeness (QED) is 0.717. The van der Waals surface area contributed by atoms with E-state index in [0.29, 0.717) is 5.92 Å². The summed E-state index contributed by atoms with van der Waals surface area (Å²) in [7, 11) is 0. The van der Waals surface area contributed by atoms with Crippen molar-refractivity contribution in [2.24, 2.45) is 5.92 Å². The van der Waals surface area contributed by atoms with Crippen molar-refractivity contribution in [3.05, 3.63) is 29.6 Å². The van der Waals surface area contributed by atoms with Crippen molar-refractivity contribution >= 4 is 0 Å². The molecule has 90 valence electrons. The topological polar surface area (TPSA) is 12.9 Å². The second-order valence-electron chi connectivity index (χ2n) is 5.77. The van der Waals surface area contributed by atoms with Crippen LogP contribution in [0.15, 0.2) is 18.3 Å². The molecule has 0 N–H and O–H groups in total. The summed E-state index contributed by atoms with van der Waals surface area (Å²) in [6.45, 7) is 11.4. The first-order valence-corrected chi connectivity index (χ1v) is 6.41. The number of pyridine rings is 1. The van der Waals surface area contributed by atoms with E-state index in [2.05, 4.69) is 51.7 Å². The summed E-state index contributed by atoms with van der Waals surface area (Å²) >= 11 is 0. The minimum absolute atomic E-state index is 0.281. The van der Waals surface area contributed by atoms with Crippen LogP contribution in [0.3, 0.4) is 0 Å². The zero-order valence-corrected chi connectivity index (χ0v) is 11.4. The van der Waals surface area contributed by atoms with Crippen LogP contribution < -0.4 is 0 Å². The number of aromatic nitrogens is 1. The maximum absolute atomic E-state index is 4.45. The summed E-state index contributed by atoms with van der Waals surface area (Å²) in [5, 5.41) is 0. The van der Waals surface area contributed by atoms with E-state index in [1.54, 1.807) is 0 Å². The lowest BCUT2D eigenvalue weighted by atomic mass is 9.80. The van der Waals surface area contributed by atoms with Gasteiger partial charge in [-0.25, -0.2) is 0 Å². The Hall–Kier alpha value is -0.850. The predicted molar refractivity (Wildman–Crippen MR) is 70.7 cm³/mol. The van der Waals surface area contributed by atoms with E-state index in [9.17, 15) is 0 Å². The lowest BCUT2D eigenvalue weighted by Gasteiger charge is -2.25. The van der Waals surface area contributed by atoms with Crippen molar-refractivity contribution in [1.29, 1.82) is 0 Å². The first kappa shape index (κ1) is 13.2. The van der Waals surface area contributed by atoms with Crippen molar-refractivity contribution in [2.75, 3.05) is 0 Å². The molecule has 0 fully saturated rings. The van der Waals surface area contributed by atoms with Crippen LogP contribution in [0.25, 0.3) is 0 Å². The van der Waals surface area contributed by atoms with Crippen molar-refractivity contribution in [2.45, 2.75) is 59.3 Å². The molecule has 1 aromatic heterocycles. The molecule has 1 heterocycles. The molecule has 1 heteroatoms. The third kappa shape index (κ3) is 3.62. The molecule has 0 aliphatic rings. The highest BCUT2D eigenvalue weighted by atomic mass is 14.7. The van der Waals surface area contributed by atoms with Gasteiger partial charge >= 0.3 is 0 Å². The first-order valence-electron chi connectivity index (χ1n) is 6.41. The summed E-state index contributed by atoms with van der Waals surface area (Å²) in [6, 6.07) is 4.45. The van der Waals surface area contributed by atoms with Crippen LogP contribution in [0.2, 0.25) is 0 Å². The van der Waals surface area contributed by atoms with E-state index in [4.69, 9.17) is 0 Å². The minimum atomic E-state index is 0.281. The average Bonchev–Trinajstić information content (AvgIpc) is 2.17. The second kappa shape index (κ2) is 5.47. The summed E-state index contributed by atoms with van der Waals surface area (Å²) in [5.74, 6) is 0.678. The van der Waals surface area contributed by atoms with E-state index >= 15 is 0 Å². The predicted octanol–water partition coefficient (Wildman–Crippen LogP) is 4.36. The molecular formula is C15H25N. The molecule has 0 bridgehead atoms. The fraction of sp³-hybridized carbons (Fsp3) is 0.667. The van der Waals surface area contributed by atoms with Gasteiger partial charge in [0, 0.05) is 11.9 Å². The van der Waals surface area contributed by atoms with Crippen LogP contribution in [0.4, 0.5) is 0 Å². The molecule has 0 aliphatic heterocycles. The highest BCUT2D eigenvalue weighted by Gasteiger charge is 2.19. The Bertz CT molecular complexity index is 326. The van der Waals surface area contributed by atoms with Gasteiger partial charge in [-0.1, -0.05) is 41.0 Å². The van der Waals surface area contributed by atoms with Crippen molar-refractivity contribution in [3.8, 4) is 0 Å². The number of rotatable bonds is 5. The average molecular weight is 219 g/mol. The van der Waals surface area contributed by atoms with Gasteiger partial charge in [0.15, 0.2) is 0 Å². The Morgan fingerprint density at radius 1 is 1.31 bits per heavy atom. The van der Waals surface area contributed by atoms with Gasteiger partial charge in [-0.3, -0.25) is 4.98 Å². The van der Waals surface area contributed by atoms with Crippen molar-refractivity contribution in [3.63, 3.8) is 0 Å². The zero-order valence-electron chi connectivity index (χ0n) is 11.4. The third-order valence-corrected chi connectivity index (χ3v) is 3.09. The molecule has 1 rings (SSSR count). The van der Waals surface area contributed by atoms with Gasteiger partial charge in [0.2, 0.25) is 0 Å². The highest BCUT2D eigenvalue weighted by molar-refractivity contribution is 5.24. The van der Waals surface area contributed by atoms with E-state index in [1.807, 2.05) is 6.20 Å². The lowest BCUT2D eigenvalue weighted by molar-refractivity contribution is 0.471. The van der Waals surface area contributed by atoms with Gasteiger partial charge in [-0.05, 0) is 41.9 Å². The standard InChI is InChI=1S/C15H25N/c1-6-8-15(4,5)13-7-9-16-14(11-13)10-12(2)3/h7,9,11-12H,6,8,10H2,1-5H3. The summed E-state index contributed by atoms with van der Waals surface area (Å²) in [5.41, 5.74) is 2.94. The molecule has 0 saturated heterocycles. The number of nitrogens with zero attached hydrogens (tertiary/aromatic N) is 1. The van der Waals surface area contributed by atoms with Crippen LogP contribution in [0.1, 0.15) is 58.7 Å². The zero-order chi connectivity index (χ0) is 12.2. The fourth-order valence-corrected chi connectivity index (χ4v) is 2.20. The molecule has 0 aromatic carbocycles. The monoisotopic (exact) mass is 219 g/mol. The summed E-state index contributed by atoms with van der Waals surface area (Å²) in [4.78, 5) is 4.45. The Balaban J connectivity index is 2.89. The smallest absolute Gasteiger partial charge is 0.0409 e. The molecule has 1 aromatic rings. The van der Waals surface area contributed by atoms with Gasteiger partial charge in [-0.2, -0.15) is 0 Å². The molecular weight excluding hydrogens is 194 g/mol. The van der Waals surface area contributed by atoms with E-state index in [1.165, 1.54) is 24.1 Å². The maximum Gasteiger partial charge on any atom is 0.0409 e. The third-order valence-electron chi connectivity index (χ3n) is 3.09. The van der Waals surface area contributed by atoms with E-state index in [0.717, 1.165) is 6.42 Å². The van der Waals surface area contributed by atoms with Crippen LogP contribution in [-0.4, -0.2) is 4.98 Å². The van der Waals surface area contributed by atoms with E-state index < -0.39 is 0 Å². The van der Waals surface area contributed by atoms with Crippen molar-refractivity contribution < 1.29 is 0 Å². The summed E-state index contributed by atoms with van der Waals surface area (Å²) in [6.07, 6.45) is 5.51. The molecule has 0 aliphatic carbocycles. The van der Waals surface area contributed by atoms with Gasteiger partial charge in [0.05, 0.1) is 0 Å². The molecule has 0 saturated carbocycles. The van der Waals surface area contributed by atoms with Crippen LogP contribution in [0, 0.1) is 5.92 Å². The minimum Gasteiger partial charge on any atom is -0.261 e. The molecule has 0 spiro atoms. The van der Waals surface area contributed by atoms with Crippen molar-refractivity contribution in [1.82, 2.24) is 4.98 Å². The SMILES string of the molecule is CCCC(C)(C)c1ccnc(CC(C)C)c1. The fourth-order valence-electron chi connectivity index (χ4n) is 2.20. The first-order chi connectivity index (χ1) is 7.45. The van der Waals surface area contributed by atoms with Crippen LogP contribution in [0.5, 0.6) is 0 Å². The van der Waals surface area contributed by atoms with Crippen LogP contribution >= 0.6 is 0 Å². The Kier molecular flexibility index (Phi) is 4.52. The van der Waals surface area contributed by atoms with E-state index in [-0.39, 0.29) is 5.41 Å². The summed E-state index contributed by atoms with van der Waals surface area (Å²) < 4.78 is 0. The number of hydrogen-bond donors (Lipinski definition) is 0. The molecule has 0 unspecified atom stereocenters. The molecule has 1 nitrogen and oxygen atoms in total. The molecule has 0 atom stereocenters. The lowest BCUT2D eigenvalue weighted by Crippen LogP contribution is -2.17. The highest BCUT2D eigenvalue weighted by Crippen LogP contribution is 2.28. The maximum atomic E-state index is 4.45. The van der Waals surface area contributed by atoms with Gasteiger partial charge in [-0.15, -0.1) is 0 Å². The van der Waals surface area contributed by atoms with Gasteiger partial charge in [0.25, 0.3) is 0 Å². The Morgan fingerprint density at radius 3 is 2.56 bits per heavy atom. The molecule has 0 amide bonds. The Morgan fingerprint density at radius 2 is 2.00 bits per heavy atom. The van der Waals surface area contributed by atoms with Gasteiger partial charge in [0.1, 0.15) is 0 Å². The normalized spacial score (nSPS) is 12.1. The Labute approximate surface area is 100 Å². The largest absolute Gasteiger partial charge is 0.261 e. The second-order valence-corrected chi connectivity index (χ2v) is 5.77. The van der Waals surface area contributed by atoms with Crippen LogP contribution in [-0.2, 0) is 11.8 Å². The number of hydrogen-bond acceptors (Lipinski definition) is 1. The molecule has 16 heavy (non-hydrogen) atoms. The van der Waals surface area contributed by atoms with Gasteiger partial charge < -0.3 is 0 Å².